The standard InChI is InChI=1S/C14H15N3O2/c1-9-15-16-13(11-6-7-11)17(9)8-10-2-4-12(5-3-10)14(18)19/h2-5,11H,6-8H2,1H3,(H,18,19). The van der Waals surface area contributed by atoms with Crippen molar-refractivity contribution in [1.29, 1.82) is 0 Å². The number of nitrogens with zero attached hydrogens (tertiary/aromatic N) is 3. The summed E-state index contributed by atoms with van der Waals surface area (Å²) in [4.78, 5) is 10.8. The van der Waals surface area contributed by atoms with Gasteiger partial charge in [0.2, 0.25) is 0 Å². The van der Waals surface area contributed by atoms with Crippen molar-refractivity contribution in [3.8, 4) is 0 Å². The first-order chi connectivity index (χ1) is 9.15. The average Bonchev–Trinajstić information content (AvgIpc) is 3.17. The van der Waals surface area contributed by atoms with Crippen LogP contribution in [0.2, 0.25) is 0 Å². The Morgan fingerprint density at radius 2 is 2.00 bits per heavy atom. The summed E-state index contributed by atoms with van der Waals surface area (Å²) in [6.07, 6.45) is 2.38. The first-order valence-corrected chi connectivity index (χ1v) is 6.37. The summed E-state index contributed by atoms with van der Waals surface area (Å²) < 4.78 is 2.12. The van der Waals surface area contributed by atoms with Gasteiger partial charge in [-0.25, -0.2) is 4.79 Å². The van der Waals surface area contributed by atoms with Crippen LogP contribution in [0, 0.1) is 6.92 Å². The highest BCUT2D eigenvalue weighted by molar-refractivity contribution is 5.87. The predicted octanol–water partition coefficient (Wildman–Crippen LogP) is 2.21. The van der Waals surface area contributed by atoms with Crippen LogP contribution >= 0.6 is 0 Å². The van der Waals surface area contributed by atoms with Crippen molar-refractivity contribution >= 4 is 5.97 Å². The molecule has 5 heteroatoms. The van der Waals surface area contributed by atoms with Crippen LogP contribution in [0.1, 0.15) is 46.3 Å². The Morgan fingerprint density at radius 1 is 1.32 bits per heavy atom. The molecule has 3 rings (SSSR count). The fourth-order valence-corrected chi connectivity index (χ4v) is 2.17. The highest BCUT2D eigenvalue weighted by Crippen LogP contribution is 2.39. The second-order valence-corrected chi connectivity index (χ2v) is 4.97. The normalized spacial score (nSPS) is 14.6. The number of carboxylic acids is 1. The van der Waals surface area contributed by atoms with E-state index in [0.29, 0.717) is 18.0 Å². The number of hydrogen-bond acceptors (Lipinski definition) is 3. The van der Waals surface area contributed by atoms with Gasteiger partial charge in [-0.2, -0.15) is 0 Å². The SMILES string of the molecule is Cc1nnc(C2CC2)n1Cc1ccc(C(=O)O)cc1. The van der Waals surface area contributed by atoms with Crippen LogP contribution in [0.5, 0.6) is 0 Å². The van der Waals surface area contributed by atoms with E-state index in [0.717, 1.165) is 17.2 Å². The van der Waals surface area contributed by atoms with Gasteiger partial charge in [-0.05, 0) is 37.5 Å². The van der Waals surface area contributed by atoms with Gasteiger partial charge in [0.05, 0.1) is 12.1 Å². The second-order valence-electron chi connectivity index (χ2n) is 4.97. The lowest BCUT2D eigenvalue weighted by Gasteiger charge is -2.08. The predicted molar refractivity (Wildman–Crippen MR) is 69.2 cm³/mol. The minimum absolute atomic E-state index is 0.312. The molecule has 0 atom stereocenters. The van der Waals surface area contributed by atoms with Crippen molar-refractivity contribution in [3.05, 3.63) is 47.0 Å². The van der Waals surface area contributed by atoms with E-state index in [4.69, 9.17) is 5.11 Å². The molecule has 1 saturated carbocycles. The molecule has 0 radical (unpaired) electrons. The maximum atomic E-state index is 10.8. The number of aryl methyl sites for hydroxylation is 1. The number of hydrogen-bond donors (Lipinski definition) is 1. The zero-order valence-electron chi connectivity index (χ0n) is 10.7. The van der Waals surface area contributed by atoms with Crippen LogP contribution in [0.4, 0.5) is 0 Å². The van der Waals surface area contributed by atoms with Crippen LogP contribution in [0.3, 0.4) is 0 Å². The molecular formula is C14H15N3O2. The van der Waals surface area contributed by atoms with Gasteiger partial charge in [0.1, 0.15) is 11.6 Å². The molecule has 0 spiro atoms. The second kappa shape index (κ2) is 4.50. The van der Waals surface area contributed by atoms with Gasteiger partial charge in [0.15, 0.2) is 0 Å². The van der Waals surface area contributed by atoms with E-state index < -0.39 is 5.97 Å². The van der Waals surface area contributed by atoms with Crippen molar-refractivity contribution < 1.29 is 9.90 Å². The molecule has 1 aromatic carbocycles. The van der Waals surface area contributed by atoms with Crippen LogP contribution in [0.15, 0.2) is 24.3 Å². The molecule has 1 heterocycles. The Hall–Kier alpha value is -2.17. The number of carboxylic acid groups (broad SMARTS) is 1. The molecule has 1 aliphatic rings. The zero-order chi connectivity index (χ0) is 13.4. The largest absolute Gasteiger partial charge is 0.478 e. The molecule has 0 saturated heterocycles. The third kappa shape index (κ3) is 2.36. The van der Waals surface area contributed by atoms with Gasteiger partial charge in [0, 0.05) is 5.92 Å². The van der Waals surface area contributed by atoms with E-state index in [1.165, 1.54) is 12.8 Å². The molecule has 0 unspecified atom stereocenters. The van der Waals surface area contributed by atoms with Crippen molar-refractivity contribution in [2.45, 2.75) is 32.2 Å². The average molecular weight is 257 g/mol. The van der Waals surface area contributed by atoms with Crippen molar-refractivity contribution in [1.82, 2.24) is 14.8 Å². The Morgan fingerprint density at radius 3 is 2.58 bits per heavy atom. The first-order valence-electron chi connectivity index (χ1n) is 6.37. The highest BCUT2D eigenvalue weighted by atomic mass is 16.4. The Kier molecular flexibility index (Phi) is 2.81. The fraction of sp³-hybridized carbons (Fsp3) is 0.357. The summed E-state index contributed by atoms with van der Waals surface area (Å²) in [6, 6.07) is 6.96. The van der Waals surface area contributed by atoms with Crippen LogP contribution in [-0.2, 0) is 6.54 Å². The number of benzene rings is 1. The van der Waals surface area contributed by atoms with Gasteiger partial charge in [-0.15, -0.1) is 10.2 Å². The fourth-order valence-electron chi connectivity index (χ4n) is 2.17. The lowest BCUT2D eigenvalue weighted by atomic mass is 10.1. The minimum atomic E-state index is -0.898. The minimum Gasteiger partial charge on any atom is -0.478 e. The van der Waals surface area contributed by atoms with Crippen LogP contribution in [0.25, 0.3) is 0 Å². The summed E-state index contributed by atoms with van der Waals surface area (Å²) >= 11 is 0. The first kappa shape index (κ1) is 11.9. The summed E-state index contributed by atoms with van der Waals surface area (Å²) in [7, 11) is 0. The van der Waals surface area contributed by atoms with E-state index in [-0.39, 0.29) is 0 Å². The van der Waals surface area contributed by atoms with E-state index in [1.54, 1.807) is 12.1 Å². The lowest BCUT2D eigenvalue weighted by Crippen LogP contribution is -2.06. The van der Waals surface area contributed by atoms with Crippen molar-refractivity contribution in [2.75, 3.05) is 0 Å². The molecule has 19 heavy (non-hydrogen) atoms. The van der Waals surface area contributed by atoms with Gasteiger partial charge >= 0.3 is 5.97 Å². The number of carbonyl (C=O) groups is 1. The van der Waals surface area contributed by atoms with E-state index >= 15 is 0 Å². The summed E-state index contributed by atoms with van der Waals surface area (Å²) in [6.45, 7) is 2.65. The van der Waals surface area contributed by atoms with Gasteiger partial charge in [-0.3, -0.25) is 0 Å². The highest BCUT2D eigenvalue weighted by Gasteiger charge is 2.29. The monoisotopic (exact) mass is 257 g/mol. The number of aromatic carboxylic acids is 1. The third-order valence-corrected chi connectivity index (χ3v) is 3.45. The summed E-state index contributed by atoms with van der Waals surface area (Å²) in [5.41, 5.74) is 1.38. The molecule has 2 aromatic rings. The molecule has 0 bridgehead atoms. The zero-order valence-corrected chi connectivity index (χ0v) is 10.7. The summed E-state index contributed by atoms with van der Waals surface area (Å²) in [5.74, 6) is 1.62. The molecule has 0 amide bonds. The topological polar surface area (TPSA) is 68.0 Å². The smallest absolute Gasteiger partial charge is 0.335 e. The number of aromatic nitrogens is 3. The van der Waals surface area contributed by atoms with Gasteiger partial charge in [-0.1, -0.05) is 12.1 Å². The molecule has 0 aliphatic heterocycles. The lowest BCUT2D eigenvalue weighted by molar-refractivity contribution is 0.0697. The van der Waals surface area contributed by atoms with Crippen LogP contribution in [-0.4, -0.2) is 25.8 Å². The third-order valence-electron chi connectivity index (χ3n) is 3.45. The number of rotatable bonds is 4. The maximum absolute atomic E-state index is 10.8. The van der Waals surface area contributed by atoms with Gasteiger partial charge < -0.3 is 9.67 Å². The quantitative estimate of drug-likeness (QED) is 0.911. The molecule has 1 fully saturated rings. The van der Waals surface area contributed by atoms with Crippen molar-refractivity contribution in [3.63, 3.8) is 0 Å². The molecule has 1 aliphatic carbocycles. The molecule has 1 N–H and O–H groups in total. The Balaban J connectivity index is 1.84. The molecule has 98 valence electrons. The van der Waals surface area contributed by atoms with E-state index in [1.807, 2.05) is 19.1 Å². The van der Waals surface area contributed by atoms with E-state index in [2.05, 4.69) is 14.8 Å². The molecular weight excluding hydrogens is 242 g/mol. The van der Waals surface area contributed by atoms with E-state index in [9.17, 15) is 4.79 Å². The summed E-state index contributed by atoms with van der Waals surface area (Å²) in [5, 5.41) is 17.3. The Bertz CT molecular complexity index is 612. The molecule has 5 nitrogen and oxygen atoms in total. The van der Waals surface area contributed by atoms with Crippen LogP contribution < -0.4 is 0 Å². The Labute approximate surface area is 110 Å². The van der Waals surface area contributed by atoms with Gasteiger partial charge in [0.25, 0.3) is 0 Å². The maximum Gasteiger partial charge on any atom is 0.335 e. The molecule has 1 aromatic heterocycles. The van der Waals surface area contributed by atoms with Crippen molar-refractivity contribution in [2.24, 2.45) is 0 Å².